The number of nitrogens with zero attached hydrogens (tertiary/aromatic N) is 1. The molecular weight excluding hydrogens is 500 g/mol. The summed E-state index contributed by atoms with van der Waals surface area (Å²) in [6.07, 6.45) is 1.13. The Balaban J connectivity index is 1.92. The van der Waals surface area contributed by atoms with Crippen molar-refractivity contribution in [3.05, 3.63) is 94.5 Å². The Morgan fingerprint density at radius 3 is 2.11 bits per heavy atom. The van der Waals surface area contributed by atoms with E-state index >= 15 is 0 Å². The van der Waals surface area contributed by atoms with Crippen molar-refractivity contribution in [3.8, 4) is 11.5 Å². The van der Waals surface area contributed by atoms with Crippen LogP contribution >= 0.6 is 11.6 Å². The number of hydrogen-bond donors (Lipinski definition) is 1. The van der Waals surface area contributed by atoms with Crippen molar-refractivity contribution >= 4 is 23.4 Å². The first-order chi connectivity index (χ1) is 18.1. The van der Waals surface area contributed by atoms with Crippen molar-refractivity contribution < 1.29 is 19.1 Å². The SMILES string of the molecule is COc1ccc(CCC(=O)N(Cc2ccc(Cl)cc2)[C@@H](Cc2ccccc2)C(=O)NC(C)(C)C)cc1OC. The van der Waals surface area contributed by atoms with Crippen molar-refractivity contribution in [3.63, 3.8) is 0 Å². The summed E-state index contributed by atoms with van der Waals surface area (Å²) in [6.45, 7) is 6.10. The molecule has 0 radical (unpaired) electrons. The molecule has 3 aromatic rings. The third-order valence-corrected chi connectivity index (χ3v) is 6.36. The average Bonchev–Trinajstić information content (AvgIpc) is 2.89. The average molecular weight is 537 g/mol. The first-order valence-corrected chi connectivity index (χ1v) is 13.1. The van der Waals surface area contributed by atoms with Crippen LogP contribution in [0.1, 0.15) is 43.9 Å². The number of carbonyl (C=O) groups is 2. The van der Waals surface area contributed by atoms with E-state index in [0.29, 0.717) is 29.4 Å². The number of hydrogen-bond acceptors (Lipinski definition) is 4. The van der Waals surface area contributed by atoms with Gasteiger partial charge in [-0.25, -0.2) is 0 Å². The molecule has 38 heavy (non-hydrogen) atoms. The van der Waals surface area contributed by atoms with Gasteiger partial charge in [-0.3, -0.25) is 9.59 Å². The maximum atomic E-state index is 13.8. The van der Waals surface area contributed by atoms with Crippen LogP contribution in [0.5, 0.6) is 11.5 Å². The second-order valence-electron chi connectivity index (χ2n) is 10.3. The molecular formula is C31H37ClN2O4. The van der Waals surface area contributed by atoms with E-state index in [1.54, 1.807) is 31.3 Å². The molecule has 1 N–H and O–H groups in total. The van der Waals surface area contributed by atoms with Crippen molar-refractivity contribution in [2.24, 2.45) is 0 Å². The monoisotopic (exact) mass is 536 g/mol. The maximum Gasteiger partial charge on any atom is 0.243 e. The van der Waals surface area contributed by atoms with E-state index < -0.39 is 11.6 Å². The molecule has 3 aromatic carbocycles. The van der Waals surface area contributed by atoms with Crippen molar-refractivity contribution in [1.82, 2.24) is 10.2 Å². The zero-order valence-electron chi connectivity index (χ0n) is 22.8. The van der Waals surface area contributed by atoms with Gasteiger partial charge in [0.2, 0.25) is 11.8 Å². The van der Waals surface area contributed by atoms with Gasteiger partial charge in [0.1, 0.15) is 6.04 Å². The van der Waals surface area contributed by atoms with E-state index in [9.17, 15) is 9.59 Å². The van der Waals surface area contributed by atoms with E-state index in [4.69, 9.17) is 21.1 Å². The highest BCUT2D eigenvalue weighted by atomic mass is 35.5. The third kappa shape index (κ3) is 8.52. The van der Waals surface area contributed by atoms with Crippen molar-refractivity contribution in [2.45, 2.75) is 58.2 Å². The molecule has 0 aliphatic carbocycles. The summed E-state index contributed by atoms with van der Waals surface area (Å²) in [5.74, 6) is 0.949. The summed E-state index contributed by atoms with van der Waals surface area (Å²) in [4.78, 5) is 29.1. The highest BCUT2D eigenvalue weighted by Gasteiger charge is 2.32. The van der Waals surface area contributed by atoms with Gasteiger partial charge in [-0.15, -0.1) is 0 Å². The molecule has 0 unspecified atom stereocenters. The third-order valence-electron chi connectivity index (χ3n) is 6.11. The zero-order valence-corrected chi connectivity index (χ0v) is 23.5. The minimum Gasteiger partial charge on any atom is -0.493 e. The van der Waals surface area contributed by atoms with Crippen LogP contribution in [-0.2, 0) is 29.0 Å². The predicted molar refractivity (Wildman–Crippen MR) is 152 cm³/mol. The zero-order chi connectivity index (χ0) is 27.7. The number of halogens is 1. The highest BCUT2D eigenvalue weighted by Crippen LogP contribution is 2.28. The van der Waals surface area contributed by atoms with E-state index in [2.05, 4.69) is 5.32 Å². The van der Waals surface area contributed by atoms with Crippen LogP contribution in [0.4, 0.5) is 0 Å². The number of carbonyl (C=O) groups excluding carboxylic acids is 2. The van der Waals surface area contributed by atoms with Gasteiger partial charge in [0, 0.05) is 29.9 Å². The van der Waals surface area contributed by atoms with E-state index in [1.807, 2.05) is 81.4 Å². The van der Waals surface area contributed by atoms with Gasteiger partial charge in [0.05, 0.1) is 14.2 Å². The van der Waals surface area contributed by atoms with Gasteiger partial charge in [-0.1, -0.05) is 60.1 Å². The van der Waals surface area contributed by atoms with Crippen LogP contribution in [0.25, 0.3) is 0 Å². The molecule has 0 aliphatic heterocycles. The molecule has 0 saturated carbocycles. The summed E-state index contributed by atoms with van der Waals surface area (Å²) in [5, 5.41) is 3.70. The van der Waals surface area contributed by atoms with Gasteiger partial charge in [-0.05, 0) is 68.1 Å². The summed E-state index contributed by atoms with van der Waals surface area (Å²) in [7, 11) is 3.17. The predicted octanol–water partition coefficient (Wildman–Crippen LogP) is 5.84. The molecule has 3 rings (SSSR count). The van der Waals surface area contributed by atoms with E-state index in [0.717, 1.165) is 16.7 Å². The molecule has 0 bridgehead atoms. The molecule has 2 amide bonds. The van der Waals surface area contributed by atoms with Crippen molar-refractivity contribution in [2.75, 3.05) is 14.2 Å². The molecule has 0 heterocycles. The van der Waals surface area contributed by atoms with Gasteiger partial charge in [-0.2, -0.15) is 0 Å². The van der Waals surface area contributed by atoms with Crippen LogP contribution in [-0.4, -0.2) is 42.5 Å². The van der Waals surface area contributed by atoms with Crippen LogP contribution in [0.2, 0.25) is 5.02 Å². The summed E-state index contributed by atoms with van der Waals surface area (Å²) >= 11 is 6.10. The fourth-order valence-corrected chi connectivity index (χ4v) is 4.35. The molecule has 0 saturated heterocycles. The Labute approximate surface area is 230 Å². The molecule has 0 spiro atoms. The number of rotatable bonds is 11. The van der Waals surface area contributed by atoms with E-state index in [1.165, 1.54) is 0 Å². The quantitative estimate of drug-likeness (QED) is 0.334. The number of methoxy groups -OCH3 is 2. The fraction of sp³-hybridized carbons (Fsp3) is 0.355. The lowest BCUT2D eigenvalue weighted by molar-refractivity contribution is -0.141. The number of aryl methyl sites for hydroxylation is 1. The Morgan fingerprint density at radius 2 is 1.50 bits per heavy atom. The lowest BCUT2D eigenvalue weighted by Crippen LogP contribution is -2.54. The number of nitrogens with one attached hydrogen (secondary N) is 1. The molecule has 0 fully saturated rings. The van der Waals surface area contributed by atoms with Gasteiger partial charge in [0.25, 0.3) is 0 Å². The lowest BCUT2D eigenvalue weighted by Gasteiger charge is -2.34. The summed E-state index contributed by atoms with van der Waals surface area (Å²) in [6, 6.07) is 22.1. The first-order valence-electron chi connectivity index (χ1n) is 12.7. The van der Waals surface area contributed by atoms with E-state index in [-0.39, 0.29) is 24.8 Å². The smallest absolute Gasteiger partial charge is 0.243 e. The fourth-order valence-electron chi connectivity index (χ4n) is 4.22. The molecule has 202 valence electrons. The Bertz CT molecular complexity index is 1210. The summed E-state index contributed by atoms with van der Waals surface area (Å²) in [5.41, 5.74) is 2.38. The largest absolute Gasteiger partial charge is 0.493 e. The second-order valence-corrected chi connectivity index (χ2v) is 10.7. The minimum atomic E-state index is -0.690. The molecule has 6 nitrogen and oxygen atoms in total. The standard InChI is InChI=1S/C31H37ClN2O4/c1-31(2,3)33-30(36)26(19-22-9-7-6-8-10-22)34(21-24-11-15-25(32)16-12-24)29(35)18-14-23-13-17-27(37-4)28(20-23)38-5/h6-13,15-17,20,26H,14,18-19,21H2,1-5H3,(H,33,36)/t26-/m0/s1. The maximum absolute atomic E-state index is 13.8. The van der Waals surface area contributed by atoms with Crippen molar-refractivity contribution in [1.29, 1.82) is 0 Å². The molecule has 0 aromatic heterocycles. The molecule has 7 heteroatoms. The molecule has 1 atom stereocenters. The number of ether oxygens (including phenoxy) is 2. The van der Waals surface area contributed by atoms with Crippen LogP contribution in [0.15, 0.2) is 72.8 Å². The highest BCUT2D eigenvalue weighted by molar-refractivity contribution is 6.30. The summed E-state index contributed by atoms with van der Waals surface area (Å²) < 4.78 is 10.7. The normalized spacial score (nSPS) is 11.9. The Hall–Kier alpha value is -3.51. The van der Waals surface area contributed by atoms with Gasteiger partial charge < -0.3 is 19.7 Å². The second kappa shape index (κ2) is 13.3. The number of amides is 2. The van der Waals surface area contributed by atoms with Crippen LogP contribution < -0.4 is 14.8 Å². The number of benzene rings is 3. The van der Waals surface area contributed by atoms with Crippen LogP contribution in [0, 0.1) is 0 Å². The first kappa shape index (κ1) is 29.1. The molecule has 0 aliphatic rings. The minimum absolute atomic E-state index is 0.111. The van der Waals surface area contributed by atoms with Gasteiger partial charge in [0.15, 0.2) is 11.5 Å². The Kier molecular flexibility index (Phi) is 10.2. The lowest BCUT2D eigenvalue weighted by atomic mass is 9.99. The Morgan fingerprint density at radius 1 is 0.868 bits per heavy atom. The van der Waals surface area contributed by atoms with Gasteiger partial charge >= 0.3 is 0 Å². The van der Waals surface area contributed by atoms with Crippen LogP contribution in [0.3, 0.4) is 0 Å². The topological polar surface area (TPSA) is 67.9 Å².